The summed E-state index contributed by atoms with van der Waals surface area (Å²) in [5.74, 6) is -0.213. The fourth-order valence-corrected chi connectivity index (χ4v) is 5.28. The van der Waals surface area contributed by atoms with Crippen molar-refractivity contribution in [1.29, 1.82) is 0 Å². The average Bonchev–Trinajstić information content (AvgIpc) is 3.33. The Bertz CT molecular complexity index is 1360. The average molecular weight is 532 g/mol. The Morgan fingerprint density at radius 2 is 1.74 bits per heavy atom. The van der Waals surface area contributed by atoms with Crippen LogP contribution in [0.3, 0.4) is 0 Å². The van der Waals surface area contributed by atoms with E-state index in [2.05, 4.69) is 41.1 Å². The summed E-state index contributed by atoms with van der Waals surface area (Å²) in [5.41, 5.74) is 5.80. The maximum absolute atomic E-state index is 13.0. The number of unbranched alkanes of at least 4 members (excludes halogenated alkanes) is 1. The van der Waals surface area contributed by atoms with Gasteiger partial charge in [-0.15, -0.1) is 0 Å². The topological polar surface area (TPSA) is 80.6 Å². The molecule has 198 valence electrons. The van der Waals surface area contributed by atoms with Gasteiger partial charge < -0.3 is 14.6 Å². The third kappa shape index (κ3) is 6.19. The van der Waals surface area contributed by atoms with E-state index in [1.807, 2.05) is 26.8 Å². The van der Waals surface area contributed by atoms with Crippen LogP contribution in [0.15, 0.2) is 59.5 Å². The number of carbonyl (C=O) groups is 3. The van der Waals surface area contributed by atoms with Crippen LogP contribution >= 0.6 is 11.8 Å². The molecule has 4 rings (SSSR count). The van der Waals surface area contributed by atoms with Gasteiger partial charge in [0.25, 0.3) is 11.1 Å². The van der Waals surface area contributed by atoms with Gasteiger partial charge in [0.2, 0.25) is 5.91 Å². The van der Waals surface area contributed by atoms with Gasteiger partial charge in [-0.05, 0) is 105 Å². The molecule has 0 aliphatic carbocycles. The summed E-state index contributed by atoms with van der Waals surface area (Å²) in [6, 6.07) is 17.5. The Kier molecular flexibility index (Phi) is 8.73. The molecule has 1 fully saturated rings. The molecule has 8 heteroatoms. The summed E-state index contributed by atoms with van der Waals surface area (Å²) in [6.45, 7) is 8.30. The van der Waals surface area contributed by atoms with Crippen molar-refractivity contribution in [2.45, 2.75) is 47.0 Å². The number of imide groups is 1. The predicted octanol–water partition coefficient (Wildman–Crippen LogP) is 6.51. The van der Waals surface area contributed by atoms with Crippen molar-refractivity contribution in [1.82, 2.24) is 9.47 Å². The molecule has 0 radical (unpaired) electrons. The Morgan fingerprint density at radius 1 is 1.03 bits per heavy atom. The van der Waals surface area contributed by atoms with Gasteiger partial charge in [-0.2, -0.15) is 0 Å². The van der Waals surface area contributed by atoms with Gasteiger partial charge in [-0.1, -0.05) is 25.5 Å². The highest BCUT2D eigenvalue weighted by Gasteiger charge is 2.36. The molecule has 3 amide bonds. The Labute approximate surface area is 227 Å². The van der Waals surface area contributed by atoms with Crippen LogP contribution in [0.25, 0.3) is 11.8 Å². The SMILES string of the molecule is CCCCc1ccc(-n2c(C)cc(/C=C3/SC(=O)N(CC(=O)Nc4ccc(OCC)cc4)C3=O)c2C)cc1. The van der Waals surface area contributed by atoms with Crippen molar-refractivity contribution in [2.75, 3.05) is 18.5 Å². The van der Waals surface area contributed by atoms with Crippen molar-refractivity contribution < 1.29 is 19.1 Å². The van der Waals surface area contributed by atoms with Crippen LogP contribution in [0, 0.1) is 13.8 Å². The van der Waals surface area contributed by atoms with Crippen LogP contribution < -0.4 is 10.1 Å². The lowest BCUT2D eigenvalue weighted by molar-refractivity contribution is -0.127. The smallest absolute Gasteiger partial charge is 0.294 e. The van der Waals surface area contributed by atoms with Crippen molar-refractivity contribution in [3.05, 3.63) is 82.0 Å². The minimum atomic E-state index is -0.466. The van der Waals surface area contributed by atoms with Gasteiger partial charge in [0.15, 0.2) is 0 Å². The molecule has 0 unspecified atom stereocenters. The number of thioether (sulfide) groups is 1. The molecule has 38 heavy (non-hydrogen) atoms. The van der Waals surface area contributed by atoms with Crippen molar-refractivity contribution >= 4 is 40.6 Å². The maximum Gasteiger partial charge on any atom is 0.294 e. The normalized spacial score (nSPS) is 14.4. The van der Waals surface area contributed by atoms with E-state index in [1.54, 1.807) is 30.3 Å². The fourth-order valence-electron chi connectivity index (χ4n) is 4.45. The number of nitrogens with one attached hydrogen (secondary N) is 1. The number of ether oxygens (including phenoxy) is 1. The van der Waals surface area contributed by atoms with Gasteiger partial charge in [-0.25, -0.2) is 0 Å². The largest absolute Gasteiger partial charge is 0.494 e. The lowest BCUT2D eigenvalue weighted by Crippen LogP contribution is -2.36. The second-order valence-electron chi connectivity index (χ2n) is 9.21. The zero-order valence-corrected chi connectivity index (χ0v) is 23.1. The summed E-state index contributed by atoms with van der Waals surface area (Å²) >= 11 is 0.854. The molecule has 3 aromatic rings. The Balaban J connectivity index is 1.45. The van der Waals surface area contributed by atoms with Crippen LogP contribution in [0.5, 0.6) is 5.75 Å². The van der Waals surface area contributed by atoms with E-state index in [9.17, 15) is 14.4 Å². The number of amides is 3. The highest BCUT2D eigenvalue weighted by molar-refractivity contribution is 8.18. The Hall–Kier alpha value is -3.78. The van der Waals surface area contributed by atoms with E-state index in [0.29, 0.717) is 22.9 Å². The van der Waals surface area contributed by atoms with Gasteiger partial charge in [0, 0.05) is 22.8 Å². The van der Waals surface area contributed by atoms with Crippen LogP contribution in [0.4, 0.5) is 10.5 Å². The standard InChI is InChI=1S/C30H33N3O4S/c1-5-7-8-22-9-13-25(14-10-22)33-20(3)17-23(21(33)4)18-27-29(35)32(30(36)38-27)19-28(34)31-24-11-15-26(16-12-24)37-6-2/h9-18H,5-8,19H2,1-4H3,(H,31,34)/b27-18+. The number of nitrogens with zero attached hydrogens (tertiary/aromatic N) is 2. The summed E-state index contributed by atoms with van der Waals surface area (Å²) in [5, 5.41) is 2.27. The molecular formula is C30H33N3O4S. The first-order valence-corrected chi connectivity index (χ1v) is 13.7. The number of rotatable bonds is 10. The molecule has 1 saturated heterocycles. The number of aromatic nitrogens is 1. The molecule has 0 bridgehead atoms. The highest BCUT2D eigenvalue weighted by Crippen LogP contribution is 2.34. The van der Waals surface area contributed by atoms with Gasteiger partial charge in [0.1, 0.15) is 12.3 Å². The van der Waals surface area contributed by atoms with Crippen LogP contribution in [-0.4, -0.2) is 39.7 Å². The second-order valence-corrected chi connectivity index (χ2v) is 10.2. The minimum absolute atomic E-state index is 0.305. The summed E-state index contributed by atoms with van der Waals surface area (Å²) in [7, 11) is 0. The number of anilines is 1. The predicted molar refractivity (Wildman–Crippen MR) is 153 cm³/mol. The molecule has 2 heterocycles. The van der Waals surface area contributed by atoms with E-state index in [4.69, 9.17) is 4.74 Å². The van der Waals surface area contributed by atoms with Gasteiger partial charge in [-0.3, -0.25) is 19.3 Å². The first-order chi connectivity index (χ1) is 18.3. The zero-order chi connectivity index (χ0) is 27.2. The number of carbonyl (C=O) groups excluding carboxylic acids is 3. The molecule has 0 spiro atoms. The maximum atomic E-state index is 13.0. The first-order valence-electron chi connectivity index (χ1n) is 12.9. The third-order valence-corrected chi connectivity index (χ3v) is 7.30. The molecule has 1 N–H and O–H groups in total. The monoisotopic (exact) mass is 531 g/mol. The van der Waals surface area contributed by atoms with E-state index in [1.165, 1.54) is 18.4 Å². The molecule has 1 aromatic heterocycles. The van der Waals surface area contributed by atoms with Gasteiger partial charge in [0.05, 0.1) is 11.5 Å². The van der Waals surface area contributed by atoms with Crippen molar-refractivity contribution in [2.24, 2.45) is 0 Å². The van der Waals surface area contributed by atoms with E-state index in [0.717, 1.165) is 45.7 Å². The first kappa shape index (κ1) is 27.3. The van der Waals surface area contributed by atoms with Crippen LogP contribution in [0.1, 0.15) is 49.2 Å². The molecule has 1 aliphatic heterocycles. The van der Waals surface area contributed by atoms with E-state index in [-0.39, 0.29) is 6.54 Å². The fraction of sp³-hybridized carbons (Fsp3) is 0.300. The van der Waals surface area contributed by atoms with Crippen LogP contribution in [-0.2, 0) is 16.0 Å². The quantitative estimate of drug-likeness (QED) is 0.302. The summed E-state index contributed by atoms with van der Waals surface area (Å²) in [4.78, 5) is 39.5. The van der Waals surface area contributed by atoms with E-state index < -0.39 is 17.1 Å². The number of aryl methyl sites for hydroxylation is 2. The molecule has 7 nitrogen and oxygen atoms in total. The zero-order valence-electron chi connectivity index (χ0n) is 22.2. The molecule has 0 saturated carbocycles. The highest BCUT2D eigenvalue weighted by atomic mass is 32.2. The van der Waals surface area contributed by atoms with E-state index >= 15 is 0 Å². The minimum Gasteiger partial charge on any atom is -0.494 e. The second kappa shape index (κ2) is 12.2. The molecular weight excluding hydrogens is 498 g/mol. The lowest BCUT2D eigenvalue weighted by atomic mass is 10.1. The molecule has 1 aliphatic rings. The van der Waals surface area contributed by atoms with Gasteiger partial charge >= 0.3 is 0 Å². The number of benzene rings is 2. The Morgan fingerprint density at radius 3 is 2.39 bits per heavy atom. The molecule has 0 atom stereocenters. The van der Waals surface area contributed by atoms with Crippen molar-refractivity contribution in [3.63, 3.8) is 0 Å². The third-order valence-electron chi connectivity index (χ3n) is 6.39. The number of hydrogen-bond acceptors (Lipinski definition) is 5. The molecule has 2 aromatic carbocycles. The summed E-state index contributed by atoms with van der Waals surface area (Å²) < 4.78 is 7.54. The van der Waals surface area contributed by atoms with Crippen molar-refractivity contribution in [3.8, 4) is 11.4 Å². The number of hydrogen-bond donors (Lipinski definition) is 1. The lowest BCUT2D eigenvalue weighted by Gasteiger charge is -2.13. The summed E-state index contributed by atoms with van der Waals surface area (Å²) in [6.07, 6.45) is 5.15. The van der Waals surface area contributed by atoms with Crippen LogP contribution in [0.2, 0.25) is 0 Å².